The van der Waals surface area contributed by atoms with E-state index in [0.717, 1.165) is 22.6 Å². The van der Waals surface area contributed by atoms with Gasteiger partial charge in [0.05, 0.1) is 18.8 Å². The zero-order chi connectivity index (χ0) is 18.8. The average Bonchev–Trinajstić information content (AvgIpc) is 3.12. The Morgan fingerprint density at radius 3 is 2.56 bits per heavy atom. The largest absolute Gasteiger partial charge is 0.494 e. The molecule has 2 heterocycles. The number of benzene rings is 2. The van der Waals surface area contributed by atoms with Crippen LogP contribution in [0.2, 0.25) is 0 Å². The predicted octanol–water partition coefficient (Wildman–Crippen LogP) is 3.92. The Bertz CT molecular complexity index is 1140. The molecule has 0 radical (unpaired) electrons. The molecule has 4 rings (SSSR count). The zero-order valence-electron chi connectivity index (χ0n) is 15.4. The van der Waals surface area contributed by atoms with E-state index < -0.39 is 0 Å². The number of nitrogens with zero attached hydrogens (tertiary/aromatic N) is 3. The monoisotopic (exact) mass is 359 g/mol. The lowest BCUT2D eigenvalue weighted by Gasteiger charge is -2.08. The van der Waals surface area contributed by atoms with Crippen LogP contribution in [0.3, 0.4) is 0 Å². The van der Waals surface area contributed by atoms with Crippen molar-refractivity contribution in [1.82, 2.24) is 14.2 Å². The van der Waals surface area contributed by atoms with Crippen molar-refractivity contribution < 1.29 is 4.74 Å². The van der Waals surface area contributed by atoms with E-state index in [4.69, 9.17) is 4.74 Å². The van der Waals surface area contributed by atoms with Crippen LogP contribution in [-0.2, 0) is 6.54 Å². The van der Waals surface area contributed by atoms with Crippen molar-refractivity contribution in [2.24, 2.45) is 0 Å². The smallest absolute Gasteiger partial charge is 0.276 e. The van der Waals surface area contributed by atoms with Crippen LogP contribution in [0, 0.1) is 6.92 Å². The van der Waals surface area contributed by atoms with Crippen molar-refractivity contribution in [1.29, 1.82) is 0 Å². The summed E-state index contributed by atoms with van der Waals surface area (Å²) in [6, 6.07) is 17.7. The van der Waals surface area contributed by atoms with E-state index in [1.165, 1.54) is 5.56 Å². The van der Waals surface area contributed by atoms with Crippen LogP contribution in [0.25, 0.3) is 16.8 Å². The van der Waals surface area contributed by atoms with Crippen LogP contribution in [0.15, 0.2) is 71.8 Å². The lowest BCUT2D eigenvalue weighted by atomic mass is 10.1. The molecule has 0 spiro atoms. The van der Waals surface area contributed by atoms with Crippen LogP contribution < -0.4 is 10.3 Å². The van der Waals surface area contributed by atoms with Gasteiger partial charge in [-0.1, -0.05) is 24.3 Å². The Hall–Kier alpha value is -3.34. The van der Waals surface area contributed by atoms with Gasteiger partial charge in [0.25, 0.3) is 5.56 Å². The minimum Gasteiger partial charge on any atom is -0.494 e. The first-order valence-electron chi connectivity index (χ1n) is 9.02. The standard InChI is InChI=1S/C22H21N3O2/c1-3-27-19-10-8-17(9-11-19)20-14-21-22(26)24(12-13-25(21)23-20)15-18-7-5-4-6-16(18)2/h4-14H,3,15H2,1-2H3. The van der Waals surface area contributed by atoms with Crippen molar-refractivity contribution in [3.05, 3.63) is 88.5 Å². The number of ether oxygens (including phenoxy) is 1. The molecule has 0 amide bonds. The first kappa shape index (κ1) is 17.1. The van der Waals surface area contributed by atoms with Gasteiger partial charge in [-0.3, -0.25) is 4.79 Å². The highest BCUT2D eigenvalue weighted by Gasteiger charge is 2.10. The quantitative estimate of drug-likeness (QED) is 0.543. The molecule has 0 bridgehead atoms. The maximum atomic E-state index is 12.9. The molecule has 0 aliphatic carbocycles. The second kappa shape index (κ2) is 7.11. The van der Waals surface area contributed by atoms with Gasteiger partial charge in [0.2, 0.25) is 0 Å². The van der Waals surface area contributed by atoms with E-state index in [2.05, 4.69) is 18.1 Å². The number of hydrogen-bond donors (Lipinski definition) is 0. The van der Waals surface area contributed by atoms with Gasteiger partial charge in [0, 0.05) is 18.0 Å². The fraction of sp³-hybridized carbons (Fsp3) is 0.182. The zero-order valence-corrected chi connectivity index (χ0v) is 15.4. The summed E-state index contributed by atoms with van der Waals surface area (Å²) in [7, 11) is 0. The van der Waals surface area contributed by atoms with E-state index in [-0.39, 0.29) is 5.56 Å². The van der Waals surface area contributed by atoms with Gasteiger partial charge in [0.1, 0.15) is 11.3 Å². The molecular formula is C22H21N3O2. The second-order valence-corrected chi connectivity index (χ2v) is 6.47. The molecule has 4 aromatic rings. The summed E-state index contributed by atoms with van der Waals surface area (Å²) in [4.78, 5) is 12.9. The van der Waals surface area contributed by atoms with Crippen LogP contribution >= 0.6 is 0 Å². The van der Waals surface area contributed by atoms with E-state index in [9.17, 15) is 4.79 Å². The van der Waals surface area contributed by atoms with Crippen molar-refractivity contribution in [2.75, 3.05) is 6.61 Å². The Labute approximate surface area is 157 Å². The first-order valence-corrected chi connectivity index (χ1v) is 9.02. The molecule has 0 saturated heterocycles. The van der Waals surface area contributed by atoms with Gasteiger partial charge in [0.15, 0.2) is 0 Å². The van der Waals surface area contributed by atoms with Crippen LogP contribution in [0.4, 0.5) is 0 Å². The van der Waals surface area contributed by atoms with Crippen molar-refractivity contribution in [2.45, 2.75) is 20.4 Å². The lowest BCUT2D eigenvalue weighted by molar-refractivity contribution is 0.340. The third kappa shape index (κ3) is 3.36. The Morgan fingerprint density at radius 1 is 1.04 bits per heavy atom. The summed E-state index contributed by atoms with van der Waals surface area (Å²) in [6.45, 7) is 5.19. The van der Waals surface area contributed by atoms with Gasteiger partial charge in [-0.25, -0.2) is 4.52 Å². The minimum atomic E-state index is -0.0505. The summed E-state index contributed by atoms with van der Waals surface area (Å²) in [5, 5.41) is 4.55. The van der Waals surface area contributed by atoms with E-state index in [1.54, 1.807) is 15.3 Å². The second-order valence-electron chi connectivity index (χ2n) is 6.47. The highest BCUT2D eigenvalue weighted by Crippen LogP contribution is 2.22. The van der Waals surface area contributed by atoms with Gasteiger partial charge in [-0.2, -0.15) is 5.10 Å². The highest BCUT2D eigenvalue weighted by atomic mass is 16.5. The number of aromatic nitrogens is 3. The summed E-state index contributed by atoms with van der Waals surface area (Å²) >= 11 is 0. The van der Waals surface area contributed by atoms with Crippen LogP contribution in [0.5, 0.6) is 5.75 Å². The van der Waals surface area contributed by atoms with Gasteiger partial charge >= 0.3 is 0 Å². The summed E-state index contributed by atoms with van der Waals surface area (Å²) < 4.78 is 8.84. The van der Waals surface area contributed by atoms with Crippen molar-refractivity contribution in [3.63, 3.8) is 0 Å². The number of aryl methyl sites for hydroxylation is 1. The molecule has 0 N–H and O–H groups in total. The Balaban J connectivity index is 1.70. The summed E-state index contributed by atoms with van der Waals surface area (Å²) in [5.74, 6) is 0.825. The van der Waals surface area contributed by atoms with Gasteiger partial charge in [-0.15, -0.1) is 0 Å². The molecule has 2 aromatic heterocycles. The normalized spacial score (nSPS) is 11.0. The number of fused-ring (bicyclic) bond motifs is 1. The molecule has 136 valence electrons. The Kier molecular flexibility index (Phi) is 4.50. The molecule has 0 aliphatic rings. The fourth-order valence-corrected chi connectivity index (χ4v) is 3.15. The molecule has 0 unspecified atom stereocenters. The fourth-order valence-electron chi connectivity index (χ4n) is 3.15. The summed E-state index contributed by atoms with van der Waals surface area (Å²) in [5.41, 5.74) is 4.54. The lowest BCUT2D eigenvalue weighted by Crippen LogP contribution is -2.22. The highest BCUT2D eigenvalue weighted by molar-refractivity contribution is 5.66. The number of rotatable bonds is 5. The molecule has 0 atom stereocenters. The maximum Gasteiger partial charge on any atom is 0.276 e. The van der Waals surface area contributed by atoms with Gasteiger partial charge in [-0.05, 0) is 55.3 Å². The van der Waals surface area contributed by atoms with E-state index in [1.807, 2.05) is 61.7 Å². The predicted molar refractivity (Wildman–Crippen MR) is 106 cm³/mol. The average molecular weight is 359 g/mol. The molecule has 5 heteroatoms. The molecule has 2 aromatic carbocycles. The maximum absolute atomic E-state index is 12.9. The topological polar surface area (TPSA) is 48.5 Å². The van der Waals surface area contributed by atoms with Crippen molar-refractivity contribution in [3.8, 4) is 17.0 Å². The molecule has 0 fully saturated rings. The molecule has 5 nitrogen and oxygen atoms in total. The van der Waals surface area contributed by atoms with Crippen LogP contribution in [0.1, 0.15) is 18.1 Å². The first-order chi connectivity index (χ1) is 13.2. The molecule has 0 saturated carbocycles. The number of hydrogen-bond acceptors (Lipinski definition) is 3. The molecule has 27 heavy (non-hydrogen) atoms. The molecular weight excluding hydrogens is 338 g/mol. The van der Waals surface area contributed by atoms with Gasteiger partial charge < -0.3 is 9.30 Å². The van der Waals surface area contributed by atoms with E-state index in [0.29, 0.717) is 18.7 Å². The van der Waals surface area contributed by atoms with E-state index >= 15 is 0 Å². The minimum absolute atomic E-state index is 0.0505. The van der Waals surface area contributed by atoms with Crippen molar-refractivity contribution >= 4 is 5.52 Å². The Morgan fingerprint density at radius 2 is 1.81 bits per heavy atom. The van der Waals surface area contributed by atoms with Crippen LogP contribution in [-0.4, -0.2) is 20.8 Å². The SMILES string of the molecule is CCOc1ccc(-c2cc3c(=O)n(Cc4ccccc4C)ccn3n2)cc1. The third-order valence-corrected chi connectivity index (χ3v) is 4.67. The molecule has 0 aliphatic heterocycles. The summed E-state index contributed by atoms with van der Waals surface area (Å²) in [6.07, 6.45) is 3.61. The third-order valence-electron chi connectivity index (χ3n) is 4.67.